The van der Waals surface area contributed by atoms with Crippen molar-refractivity contribution in [2.45, 2.75) is 63.0 Å². The average Bonchev–Trinajstić information content (AvgIpc) is 3.33. The van der Waals surface area contributed by atoms with Crippen LogP contribution in [0.2, 0.25) is 0 Å². The maximum atomic E-state index is 6.45. The van der Waals surface area contributed by atoms with E-state index >= 15 is 0 Å². The second kappa shape index (κ2) is 6.66. The van der Waals surface area contributed by atoms with E-state index in [0.717, 1.165) is 30.6 Å². The van der Waals surface area contributed by atoms with Crippen LogP contribution in [0, 0.1) is 5.92 Å². The minimum Gasteiger partial charge on any atom is -0.487 e. The van der Waals surface area contributed by atoms with Gasteiger partial charge in [-0.3, -0.25) is 4.99 Å². The first-order valence-electron chi connectivity index (χ1n) is 9.53. The van der Waals surface area contributed by atoms with Crippen LogP contribution in [0.5, 0.6) is 5.75 Å². The molecule has 1 unspecified atom stereocenters. The summed E-state index contributed by atoms with van der Waals surface area (Å²) in [6.45, 7) is 1.01. The number of hydrogen-bond donors (Lipinski definition) is 2. The monoisotopic (exact) mass is 327 g/mol. The molecule has 0 saturated heterocycles. The van der Waals surface area contributed by atoms with Gasteiger partial charge in [0.2, 0.25) is 0 Å². The van der Waals surface area contributed by atoms with Gasteiger partial charge in [0.15, 0.2) is 5.96 Å². The van der Waals surface area contributed by atoms with Crippen LogP contribution >= 0.6 is 0 Å². The minimum absolute atomic E-state index is 0.0267. The number of guanidine groups is 1. The van der Waals surface area contributed by atoms with E-state index in [1.807, 2.05) is 7.05 Å². The number of nitrogens with one attached hydrogen (secondary N) is 2. The lowest BCUT2D eigenvalue weighted by Gasteiger charge is -2.40. The molecule has 3 aliphatic rings. The topological polar surface area (TPSA) is 45.7 Å². The molecule has 1 spiro atoms. The van der Waals surface area contributed by atoms with Crippen molar-refractivity contribution >= 4 is 5.96 Å². The Bertz CT molecular complexity index is 603. The van der Waals surface area contributed by atoms with Crippen molar-refractivity contribution in [2.75, 3.05) is 13.6 Å². The summed E-state index contributed by atoms with van der Waals surface area (Å²) in [6, 6.07) is 8.76. The van der Waals surface area contributed by atoms with Crippen LogP contribution < -0.4 is 15.4 Å². The molecule has 0 radical (unpaired) electrons. The Balaban J connectivity index is 1.47. The average molecular weight is 327 g/mol. The molecule has 2 aliphatic carbocycles. The Hall–Kier alpha value is -1.71. The van der Waals surface area contributed by atoms with E-state index in [0.29, 0.717) is 0 Å². The van der Waals surface area contributed by atoms with Gasteiger partial charge in [0.1, 0.15) is 11.4 Å². The lowest BCUT2D eigenvalue weighted by molar-refractivity contribution is 0.0396. The predicted molar refractivity (Wildman–Crippen MR) is 97.5 cm³/mol. The number of rotatable bonds is 4. The summed E-state index contributed by atoms with van der Waals surface area (Å²) in [5, 5.41) is 7.16. The normalized spacial score (nSPS) is 25.2. The van der Waals surface area contributed by atoms with Gasteiger partial charge in [-0.05, 0) is 44.1 Å². The van der Waals surface area contributed by atoms with Crippen molar-refractivity contribution in [3.05, 3.63) is 29.8 Å². The summed E-state index contributed by atoms with van der Waals surface area (Å²) in [7, 11) is 1.86. The zero-order valence-corrected chi connectivity index (χ0v) is 14.7. The standard InChI is InChI=1S/C20H29N3O/c1-21-19(22-13-10-15-8-9-15)23-17-14-20(11-4-5-12-20)24-18-7-3-2-6-16(17)18/h2-3,6-7,15,17H,4-5,8-14H2,1H3,(H2,21,22,23). The molecule has 4 heteroatoms. The molecule has 2 fully saturated rings. The number of nitrogens with zero attached hydrogens (tertiary/aromatic N) is 1. The van der Waals surface area contributed by atoms with Gasteiger partial charge >= 0.3 is 0 Å². The number of ether oxygens (including phenoxy) is 1. The Kier molecular flexibility index (Phi) is 4.38. The number of aliphatic imine (C=N–C) groups is 1. The summed E-state index contributed by atoms with van der Waals surface area (Å²) < 4.78 is 6.45. The molecule has 1 heterocycles. The van der Waals surface area contributed by atoms with E-state index in [1.54, 1.807) is 0 Å². The molecule has 2 N–H and O–H groups in total. The van der Waals surface area contributed by atoms with Crippen LogP contribution in [0.25, 0.3) is 0 Å². The van der Waals surface area contributed by atoms with Gasteiger partial charge in [-0.2, -0.15) is 0 Å². The van der Waals surface area contributed by atoms with Crippen molar-refractivity contribution < 1.29 is 4.74 Å². The highest BCUT2D eigenvalue weighted by atomic mass is 16.5. The third-order valence-electron chi connectivity index (χ3n) is 5.79. The van der Waals surface area contributed by atoms with Crippen LogP contribution in [-0.4, -0.2) is 25.2 Å². The lowest BCUT2D eigenvalue weighted by atomic mass is 9.86. The summed E-state index contributed by atoms with van der Waals surface area (Å²) >= 11 is 0. The second-order valence-corrected chi connectivity index (χ2v) is 7.66. The van der Waals surface area contributed by atoms with E-state index in [9.17, 15) is 0 Å². The van der Waals surface area contributed by atoms with Gasteiger partial charge in [-0.1, -0.05) is 31.0 Å². The van der Waals surface area contributed by atoms with E-state index < -0.39 is 0 Å². The highest BCUT2D eigenvalue weighted by molar-refractivity contribution is 5.80. The van der Waals surface area contributed by atoms with Crippen molar-refractivity contribution in [3.8, 4) is 5.75 Å². The van der Waals surface area contributed by atoms with Crippen LogP contribution in [0.4, 0.5) is 0 Å². The van der Waals surface area contributed by atoms with Crippen molar-refractivity contribution in [3.63, 3.8) is 0 Å². The van der Waals surface area contributed by atoms with Crippen LogP contribution in [0.3, 0.4) is 0 Å². The molecule has 0 amide bonds. The summed E-state index contributed by atoms with van der Waals surface area (Å²) in [6.07, 6.45) is 10.0. The predicted octanol–water partition coefficient (Wildman–Crippen LogP) is 3.79. The molecule has 24 heavy (non-hydrogen) atoms. The third-order valence-corrected chi connectivity index (χ3v) is 5.79. The first-order valence-corrected chi connectivity index (χ1v) is 9.53. The van der Waals surface area contributed by atoms with Crippen molar-refractivity contribution in [1.29, 1.82) is 0 Å². The van der Waals surface area contributed by atoms with Crippen LogP contribution in [0.1, 0.15) is 63.0 Å². The van der Waals surface area contributed by atoms with E-state index in [1.165, 1.54) is 50.5 Å². The van der Waals surface area contributed by atoms with Gasteiger partial charge in [-0.25, -0.2) is 0 Å². The number of hydrogen-bond acceptors (Lipinski definition) is 2. The molecule has 1 atom stereocenters. The second-order valence-electron chi connectivity index (χ2n) is 7.66. The third kappa shape index (κ3) is 3.38. The highest BCUT2D eigenvalue weighted by Gasteiger charge is 2.43. The van der Waals surface area contributed by atoms with E-state index in [4.69, 9.17) is 4.74 Å². The van der Waals surface area contributed by atoms with Gasteiger partial charge in [0.25, 0.3) is 0 Å². The molecular formula is C20H29N3O. The fraction of sp³-hybridized carbons (Fsp3) is 0.650. The molecule has 0 aromatic heterocycles. The SMILES string of the molecule is CN=C(NCCC1CC1)NC1CC2(CCCC2)Oc2ccccc21. The van der Waals surface area contributed by atoms with E-state index in [-0.39, 0.29) is 11.6 Å². The first-order chi connectivity index (χ1) is 11.8. The lowest BCUT2D eigenvalue weighted by Crippen LogP contribution is -2.46. The maximum Gasteiger partial charge on any atom is 0.191 e. The molecule has 130 valence electrons. The molecule has 1 aromatic rings. The zero-order valence-electron chi connectivity index (χ0n) is 14.7. The highest BCUT2D eigenvalue weighted by Crippen LogP contribution is 2.46. The molecule has 2 saturated carbocycles. The maximum absolute atomic E-state index is 6.45. The Morgan fingerprint density at radius 2 is 2.04 bits per heavy atom. The summed E-state index contributed by atoms with van der Waals surface area (Å²) in [4.78, 5) is 4.44. The Morgan fingerprint density at radius 3 is 2.79 bits per heavy atom. The summed E-state index contributed by atoms with van der Waals surface area (Å²) in [5.74, 6) is 2.92. The number of fused-ring (bicyclic) bond motifs is 1. The van der Waals surface area contributed by atoms with Gasteiger partial charge < -0.3 is 15.4 Å². The fourth-order valence-electron chi connectivity index (χ4n) is 4.23. The molecule has 1 aromatic carbocycles. The van der Waals surface area contributed by atoms with Gasteiger partial charge in [0.05, 0.1) is 6.04 Å². The van der Waals surface area contributed by atoms with Crippen LogP contribution in [-0.2, 0) is 0 Å². The Labute approximate surface area is 145 Å². The fourth-order valence-corrected chi connectivity index (χ4v) is 4.23. The first kappa shape index (κ1) is 15.8. The van der Waals surface area contributed by atoms with Crippen molar-refractivity contribution in [1.82, 2.24) is 10.6 Å². The van der Waals surface area contributed by atoms with Gasteiger partial charge in [0, 0.05) is 25.6 Å². The summed E-state index contributed by atoms with van der Waals surface area (Å²) in [5.41, 5.74) is 1.29. The minimum atomic E-state index is 0.0267. The molecule has 4 rings (SSSR count). The van der Waals surface area contributed by atoms with E-state index in [2.05, 4.69) is 39.9 Å². The smallest absolute Gasteiger partial charge is 0.191 e. The van der Waals surface area contributed by atoms with Crippen molar-refractivity contribution in [2.24, 2.45) is 10.9 Å². The number of benzene rings is 1. The number of para-hydroxylation sites is 1. The largest absolute Gasteiger partial charge is 0.487 e. The van der Waals surface area contributed by atoms with Gasteiger partial charge in [-0.15, -0.1) is 0 Å². The van der Waals surface area contributed by atoms with Crippen LogP contribution in [0.15, 0.2) is 29.3 Å². The zero-order chi connectivity index (χ0) is 16.4. The Morgan fingerprint density at radius 1 is 1.25 bits per heavy atom. The molecule has 4 nitrogen and oxygen atoms in total. The molecule has 0 bridgehead atoms. The molecular weight excluding hydrogens is 298 g/mol. The molecule has 1 aliphatic heterocycles. The quantitative estimate of drug-likeness (QED) is 0.653.